The fourth-order valence-corrected chi connectivity index (χ4v) is 4.90. The quantitative estimate of drug-likeness (QED) is 0.131. The maximum absolute atomic E-state index is 5.37. The van der Waals surface area contributed by atoms with Crippen LogP contribution in [0.3, 0.4) is 0 Å². The molecule has 0 N–H and O–H groups in total. The van der Waals surface area contributed by atoms with Gasteiger partial charge in [0.1, 0.15) is 5.75 Å². The molecule has 0 spiro atoms. The van der Waals surface area contributed by atoms with Crippen molar-refractivity contribution < 1.29 is 4.74 Å². The zero-order valence-corrected chi connectivity index (χ0v) is 25.4. The number of hydrogen-bond acceptors (Lipinski definition) is 5. The van der Waals surface area contributed by atoms with Gasteiger partial charge < -0.3 is 4.74 Å². The van der Waals surface area contributed by atoms with Crippen molar-refractivity contribution in [3.05, 3.63) is 107 Å². The second kappa shape index (κ2) is 15.1. The standard InChI is InChI=1S/C34H39N5OS/c1-26(2)31-21-22-35-33(32(31)14-10-12-28-11-9-13-30(25-28)40-3)20-17-27-15-18-29(19-16-27)34-36-37-38-39(34)23-7-6-8-24-41(4)5/h6-7,9-11,13-22,24-26H,8,12,23H2,1-5H3/b7-6-,14-10-,20-17+. The Kier molecular flexibility index (Phi) is 11.0. The van der Waals surface area contributed by atoms with Crippen molar-refractivity contribution in [1.82, 2.24) is 25.2 Å². The third-order valence-corrected chi connectivity index (χ3v) is 7.45. The van der Waals surface area contributed by atoms with Crippen molar-refractivity contribution in [2.24, 2.45) is 0 Å². The van der Waals surface area contributed by atoms with Crippen LogP contribution in [0.1, 0.15) is 54.1 Å². The summed E-state index contributed by atoms with van der Waals surface area (Å²) in [5.41, 5.74) is 6.66. The molecule has 0 aliphatic carbocycles. The Hall–Kier alpha value is -4.10. The third kappa shape index (κ3) is 8.69. The second-order valence-electron chi connectivity index (χ2n) is 10.2. The molecule has 0 fully saturated rings. The molecule has 2 heterocycles. The van der Waals surface area contributed by atoms with Gasteiger partial charge >= 0.3 is 0 Å². The number of rotatable bonds is 12. The zero-order chi connectivity index (χ0) is 29.0. The van der Waals surface area contributed by atoms with E-state index in [-0.39, 0.29) is 0 Å². The normalized spacial score (nSPS) is 12.0. The van der Waals surface area contributed by atoms with Crippen LogP contribution >= 0.6 is 10.5 Å². The Bertz CT molecular complexity index is 1540. The van der Waals surface area contributed by atoms with Gasteiger partial charge in [0.2, 0.25) is 0 Å². The number of pyridine rings is 1. The van der Waals surface area contributed by atoms with E-state index in [4.69, 9.17) is 9.72 Å². The van der Waals surface area contributed by atoms with Gasteiger partial charge in [0.25, 0.3) is 0 Å². The Labute approximate surface area is 246 Å². The van der Waals surface area contributed by atoms with Gasteiger partial charge in [0.15, 0.2) is 5.82 Å². The van der Waals surface area contributed by atoms with Crippen LogP contribution in [-0.4, -0.2) is 50.2 Å². The molecule has 0 aliphatic rings. The van der Waals surface area contributed by atoms with Gasteiger partial charge in [-0.05, 0) is 82.7 Å². The monoisotopic (exact) mass is 565 g/mol. The zero-order valence-electron chi connectivity index (χ0n) is 24.6. The molecule has 41 heavy (non-hydrogen) atoms. The minimum atomic E-state index is 0.338. The average Bonchev–Trinajstić information content (AvgIpc) is 3.45. The number of ether oxygens (including phenoxy) is 1. The van der Waals surface area contributed by atoms with Crippen LogP contribution in [-0.2, 0) is 13.0 Å². The molecular weight excluding hydrogens is 526 g/mol. The lowest BCUT2D eigenvalue weighted by Gasteiger charge is -2.12. The van der Waals surface area contributed by atoms with E-state index in [1.807, 2.05) is 23.0 Å². The summed E-state index contributed by atoms with van der Waals surface area (Å²) < 4.78 is 7.19. The first-order valence-electron chi connectivity index (χ1n) is 13.8. The molecule has 7 heteroatoms. The first-order valence-corrected chi connectivity index (χ1v) is 15.9. The summed E-state index contributed by atoms with van der Waals surface area (Å²) >= 11 is 0. The highest BCUT2D eigenvalue weighted by molar-refractivity contribution is 8.13. The molecule has 0 saturated carbocycles. The van der Waals surface area contributed by atoms with Crippen molar-refractivity contribution in [1.29, 1.82) is 0 Å². The van der Waals surface area contributed by atoms with E-state index >= 15 is 0 Å². The van der Waals surface area contributed by atoms with E-state index in [1.165, 1.54) is 11.1 Å². The smallest absolute Gasteiger partial charge is 0.182 e. The molecule has 0 radical (unpaired) electrons. The van der Waals surface area contributed by atoms with E-state index in [1.54, 1.807) is 7.11 Å². The van der Waals surface area contributed by atoms with Crippen molar-refractivity contribution in [3.8, 4) is 17.1 Å². The molecule has 0 unspecified atom stereocenters. The van der Waals surface area contributed by atoms with Crippen LogP contribution in [0.25, 0.3) is 29.6 Å². The van der Waals surface area contributed by atoms with E-state index in [0.29, 0.717) is 22.9 Å². The van der Waals surface area contributed by atoms with E-state index in [2.05, 4.69) is 126 Å². The maximum atomic E-state index is 5.37. The minimum absolute atomic E-state index is 0.338. The molecular formula is C34H39N5OS. The molecule has 212 valence electrons. The molecule has 6 nitrogen and oxygen atoms in total. The summed E-state index contributed by atoms with van der Waals surface area (Å²) in [6.07, 6.45) is 21.0. The van der Waals surface area contributed by atoms with E-state index in [9.17, 15) is 0 Å². The van der Waals surface area contributed by atoms with Gasteiger partial charge in [-0.25, -0.2) is 4.68 Å². The van der Waals surface area contributed by atoms with Crippen LogP contribution in [0.4, 0.5) is 0 Å². The largest absolute Gasteiger partial charge is 0.497 e. The molecule has 4 rings (SSSR count). The van der Waals surface area contributed by atoms with Gasteiger partial charge in [0, 0.05) is 17.3 Å². The molecule has 0 aliphatic heterocycles. The predicted octanol–water partition coefficient (Wildman–Crippen LogP) is 7.57. The highest BCUT2D eigenvalue weighted by Gasteiger charge is 2.10. The van der Waals surface area contributed by atoms with Crippen molar-refractivity contribution in [3.63, 3.8) is 0 Å². The maximum Gasteiger partial charge on any atom is 0.182 e. The van der Waals surface area contributed by atoms with Crippen LogP contribution < -0.4 is 4.74 Å². The highest BCUT2D eigenvalue weighted by Crippen LogP contribution is 2.25. The van der Waals surface area contributed by atoms with Gasteiger partial charge in [-0.2, -0.15) is 10.5 Å². The lowest BCUT2D eigenvalue weighted by atomic mass is 9.95. The SMILES string of the molecule is COc1cccc(C/C=C\c2c(C(C)C)ccnc2/C=C/c2ccc(-c3nnnn3C/C=C\CC=S(C)C)cc2)c1. The van der Waals surface area contributed by atoms with Crippen molar-refractivity contribution >= 4 is 34.1 Å². The fraction of sp³-hybridized carbons (Fsp3) is 0.265. The molecule has 0 atom stereocenters. The lowest BCUT2D eigenvalue weighted by molar-refractivity contribution is 0.414. The topological polar surface area (TPSA) is 65.7 Å². The number of aromatic nitrogens is 5. The van der Waals surface area contributed by atoms with Crippen LogP contribution in [0.5, 0.6) is 5.75 Å². The number of nitrogens with zero attached hydrogens (tertiary/aromatic N) is 5. The Balaban J connectivity index is 1.49. The summed E-state index contributed by atoms with van der Waals surface area (Å²) in [4.78, 5) is 4.71. The van der Waals surface area contributed by atoms with Crippen LogP contribution in [0.2, 0.25) is 0 Å². The van der Waals surface area contributed by atoms with Gasteiger partial charge in [-0.3, -0.25) is 4.98 Å². The van der Waals surface area contributed by atoms with Gasteiger partial charge in [0.05, 0.1) is 19.3 Å². The molecule has 2 aromatic heterocycles. The molecule has 2 aromatic carbocycles. The molecule has 0 amide bonds. The first kappa shape index (κ1) is 29.9. The summed E-state index contributed by atoms with van der Waals surface area (Å²) in [5.74, 6) is 2.02. The highest BCUT2D eigenvalue weighted by atomic mass is 32.2. The first-order chi connectivity index (χ1) is 19.9. The Morgan fingerprint density at radius 2 is 1.78 bits per heavy atom. The summed E-state index contributed by atoms with van der Waals surface area (Å²) in [7, 11) is 2.04. The molecule has 0 bridgehead atoms. The number of methoxy groups -OCH3 is 1. The van der Waals surface area contributed by atoms with E-state index in [0.717, 1.165) is 46.8 Å². The van der Waals surface area contributed by atoms with Gasteiger partial charge in [-0.15, -0.1) is 5.10 Å². The second-order valence-corrected chi connectivity index (χ2v) is 12.3. The number of benzene rings is 2. The van der Waals surface area contributed by atoms with Crippen molar-refractivity contribution in [2.45, 2.75) is 39.2 Å². The lowest BCUT2D eigenvalue weighted by Crippen LogP contribution is -2.01. The third-order valence-electron chi connectivity index (χ3n) is 6.59. The van der Waals surface area contributed by atoms with Crippen LogP contribution in [0.15, 0.2) is 79.0 Å². The fourth-order valence-electron chi connectivity index (χ4n) is 4.41. The summed E-state index contributed by atoms with van der Waals surface area (Å²) in [6, 6.07) is 18.6. The summed E-state index contributed by atoms with van der Waals surface area (Å²) in [5, 5.41) is 14.6. The number of hydrogen-bond donors (Lipinski definition) is 0. The van der Waals surface area contributed by atoms with Crippen molar-refractivity contribution in [2.75, 3.05) is 19.6 Å². The predicted molar refractivity (Wildman–Crippen MR) is 175 cm³/mol. The number of allylic oxidation sites excluding steroid dienone is 3. The van der Waals surface area contributed by atoms with E-state index < -0.39 is 0 Å². The minimum Gasteiger partial charge on any atom is -0.497 e. The molecule has 0 saturated heterocycles. The van der Waals surface area contributed by atoms with Gasteiger partial charge in [-0.1, -0.05) is 86.0 Å². The van der Waals surface area contributed by atoms with Crippen LogP contribution in [0, 0.1) is 0 Å². The average molecular weight is 566 g/mol. The Morgan fingerprint density at radius 1 is 0.951 bits per heavy atom. The number of tetrazole rings is 1. The summed E-state index contributed by atoms with van der Waals surface area (Å²) in [6.45, 7) is 5.08. The Morgan fingerprint density at radius 3 is 2.54 bits per heavy atom. The molecule has 4 aromatic rings.